The number of fused-ring (bicyclic) bond motifs is 1. The Morgan fingerprint density at radius 1 is 1.50 bits per heavy atom. The first kappa shape index (κ1) is 8.15. The number of allylic oxidation sites excluding steroid dienone is 1. The molecule has 0 spiro atoms. The average Bonchev–Trinajstić information content (AvgIpc) is 2.30. The summed E-state index contributed by atoms with van der Waals surface area (Å²) in [6, 6.07) is 0. The van der Waals surface area contributed by atoms with Gasteiger partial charge in [0.2, 0.25) is 0 Å². The molecule has 0 bridgehead atoms. The topological polar surface area (TPSA) is 9.23 Å². The van der Waals surface area contributed by atoms with Gasteiger partial charge in [0, 0.05) is 5.41 Å². The zero-order valence-electron chi connectivity index (χ0n) is 8.26. The molecular formula is C11H18O. The zero-order chi connectivity index (χ0) is 8.77. The SMILES string of the molecule is CC1=COC[C@@]2(C)[C@@H]1CC[C@@H]2C. The Labute approximate surface area is 74.8 Å². The Morgan fingerprint density at radius 2 is 2.25 bits per heavy atom. The lowest BCUT2D eigenvalue weighted by molar-refractivity contribution is 0.0445. The van der Waals surface area contributed by atoms with Crippen molar-refractivity contribution >= 4 is 0 Å². The van der Waals surface area contributed by atoms with Gasteiger partial charge in [-0.2, -0.15) is 0 Å². The van der Waals surface area contributed by atoms with Crippen LogP contribution in [0.5, 0.6) is 0 Å². The minimum atomic E-state index is 0.429. The van der Waals surface area contributed by atoms with Gasteiger partial charge in [0.05, 0.1) is 12.9 Å². The Balaban J connectivity index is 2.31. The maximum Gasteiger partial charge on any atom is 0.0935 e. The van der Waals surface area contributed by atoms with Gasteiger partial charge in [0.25, 0.3) is 0 Å². The molecule has 1 heterocycles. The van der Waals surface area contributed by atoms with Crippen molar-refractivity contribution in [3.63, 3.8) is 0 Å². The van der Waals surface area contributed by atoms with Crippen LogP contribution in [-0.2, 0) is 4.74 Å². The molecule has 1 heteroatoms. The quantitative estimate of drug-likeness (QED) is 0.537. The maximum atomic E-state index is 5.51. The molecule has 2 rings (SSSR count). The molecule has 1 saturated carbocycles. The molecule has 1 aliphatic heterocycles. The maximum absolute atomic E-state index is 5.51. The molecule has 0 unspecified atom stereocenters. The summed E-state index contributed by atoms with van der Waals surface area (Å²) in [5.74, 6) is 1.62. The van der Waals surface area contributed by atoms with Crippen molar-refractivity contribution in [3.8, 4) is 0 Å². The second-order valence-corrected chi connectivity index (χ2v) is 4.71. The van der Waals surface area contributed by atoms with Crippen molar-refractivity contribution < 1.29 is 4.74 Å². The highest BCUT2D eigenvalue weighted by atomic mass is 16.5. The van der Waals surface area contributed by atoms with E-state index in [1.54, 1.807) is 0 Å². The standard InChI is InChI=1S/C11H18O/c1-8-6-12-7-11(3)9(2)4-5-10(8)11/h6,9-10H,4-5,7H2,1-3H3/t9-,10+,11+/m0/s1. The first-order chi connectivity index (χ1) is 5.64. The lowest BCUT2D eigenvalue weighted by atomic mass is 9.71. The van der Waals surface area contributed by atoms with Crippen LogP contribution in [0.1, 0.15) is 33.6 Å². The molecule has 2 aliphatic rings. The molecule has 0 saturated heterocycles. The van der Waals surface area contributed by atoms with E-state index in [9.17, 15) is 0 Å². The van der Waals surface area contributed by atoms with Crippen LogP contribution in [-0.4, -0.2) is 6.61 Å². The van der Waals surface area contributed by atoms with E-state index in [1.165, 1.54) is 18.4 Å². The monoisotopic (exact) mass is 166 g/mol. The Bertz CT molecular complexity index is 219. The van der Waals surface area contributed by atoms with Gasteiger partial charge in [-0.1, -0.05) is 13.8 Å². The second-order valence-electron chi connectivity index (χ2n) is 4.71. The highest BCUT2D eigenvalue weighted by Gasteiger charge is 2.47. The molecule has 0 N–H and O–H groups in total. The third kappa shape index (κ3) is 0.917. The van der Waals surface area contributed by atoms with Gasteiger partial charge >= 0.3 is 0 Å². The Kier molecular flexibility index (Phi) is 1.71. The summed E-state index contributed by atoms with van der Waals surface area (Å²) in [5, 5.41) is 0. The summed E-state index contributed by atoms with van der Waals surface area (Å²) in [7, 11) is 0. The predicted octanol–water partition coefficient (Wildman–Crippen LogP) is 2.97. The van der Waals surface area contributed by atoms with Crippen LogP contribution in [0.15, 0.2) is 11.8 Å². The van der Waals surface area contributed by atoms with E-state index < -0.39 is 0 Å². The smallest absolute Gasteiger partial charge is 0.0935 e. The van der Waals surface area contributed by atoms with E-state index >= 15 is 0 Å². The molecule has 1 aliphatic carbocycles. The molecule has 1 nitrogen and oxygen atoms in total. The van der Waals surface area contributed by atoms with Crippen molar-refractivity contribution in [1.82, 2.24) is 0 Å². The van der Waals surface area contributed by atoms with Gasteiger partial charge in [-0.05, 0) is 37.2 Å². The van der Waals surface area contributed by atoms with Crippen LogP contribution in [0.4, 0.5) is 0 Å². The summed E-state index contributed by atoms with van der Waals surface area (Å²) >= 11 is 0. The summed E-state index contributed by atoms with van der Waals surface area (Å²) in [5.41, 5.74) is 1.88. The van der Waals surface area contributed by atoms with E-state index in [0.29, 0.717) is 5.41 Å². The minimum absolute atomic E-state index is 0.429. The van der Waals surface area contributed by atoms with Crippen molar-refractivity contribution in [2.24, 2.45) is 17.3 Å². The third-order valence-corrected chi connectivity index (χ3v) is 4.02. The van der Waals surface area contributed by atoms with Gasteiger partial charge < -0.3 is 4.74 Å². The predicted molar refractivity (Wildman–Crippen MR) is 49.7 cm³/mol. The van der Waals surface area contributed by atoms with Crippen molar-refractivity contribution in [1.29, 1.82) is 0 Å². The molecule has 1 fully saturated rings. The fourth-order valence-corrected chi connectivity index (χ4v) is 2.85. The summed E-state index contributed by atoms with van der Waals surface area (Å²) in [4.78, 5) is 0. The van der Waals surface area contributed by atoms with E-state index in [-0.39, 0.29) is 0 Å². The fraction of sp³-hybridized carbons (Fsp3) is 0.818. The number of hydrogen-bond donors (Lipinski definition) is 0. The van der Waals surface area contributed by atoms with Gasteiger partial charge in [0.1, 0.15) is 0 Å². The molecule has 0 amide bonds. The number of rotatable bonds is 0. The minimum Gasteiger partial charge on any atom is -0.501 e. The van der Waals surface area contributed by atoms with Crippen molar-refractivity contribution in [2.45, 2.75) is 33.6 Å². The third-order valence-electron chi connectivity index (χ3n) is 4.02. The van der Waals surface area contributed by atoms with E-state index in [1.807, 2.05) is 6.26 Å². The molecule has 3 atom stereocenters. The van der Waals surface area contributed by atoms with E-state index in [2.05, 4.69) is 20.8 Å². The number of hydrogen-bond acceptors (Lipinski definition) is 1. The molecule has 0 aromatic heterocycles. The lowest BCUT2D eigenvalue weighted by Crippen LogP contribution is -2.35. The number of ether oxygens (including phenoxy) is 1. The van der Waals surface area contributed by atoms with E-state index in [0.717, 1.165) is 18.4 Å². The van der Waals surface area contributed by atoms with Gasteiger partial charge in [-0.25, -0.2) is 0 Å². The first-order valence-electron chi connectivity index (χ1n) is 4.93. The van der Waals surface area contributed by atoms with Crippen molar-refractivity contribution in [3.05, 3.63) is 11.8 Å². The Hall–Kier alpha value is -0.460. The van der Waals surface area contributed by atoms with Crippen LogP contribution >= 0.6 is 0 Å². The molecule has 0 aromatic rings. The van der Waals surface area contributed by atoms with Crippen LogP contribution in [0.25, 0.3) is 0 Å². The largest absolute Gasteiger partial charge is 0.501 e. The van der Waals surface area contributed by atoms with Crippen LogP contribution < -0.4 is 0 Å². The highest BCUT2D eigenvalue weighted by molar-refractivity contribution is 5.13. The van der Waals surface area contributed by atoms with Crippen molar-refractivity contribution in [2.75, 3.05) is 6.61 Å². The van der Waals surface area contributed by atoms with Crippen LogP contribution in [0, 0.1) is 17.3 Å². The summed E-state index contributed by atoms with van der Waals surface area (Å²) in [6.45, 7) is 7.88. The van der Waals surface area contributed by atoms with Gasteiger partial charge in [-0.3, -0.25) is 0 Å². The van der Waals surface area contributed by atoms with Gasteiger partial charge in [0.15, 0.2) is 0 Å². The van der Waals surface area contributed by atoms with E-state index in [4.69, 9.17) is 4.74 Å². The average molecular weight is 166 g/mol. The molecule has 12 heavy (non-hydrogen) atoms. The second kappa shape index (κ2) is 2.51. The Morgan fingerprint density at radius 3 is 2.92 bits per heavy atom. The summed E-state index contributed by atoms with van der Waals surface area (Å²) < 4.78 is 5.51. The van der Waals surface area contributed by atoms with Crippen LogP contribution in [0.3, 0.4) is 0 Å². The van der Waals surface area contributed by atoms with Gasteiger partial charge in [-0.15, -0.1) is 0 Å². The zero-order valence-corrected chi connectivity index (χ0v) is 8.26. The molecular weight excluding hydrogens is 148 g/mol. The van der Waals surface area contributed by atoms with Crippen LogP contribution in [0.2, 0.25) is 0 Å². The molecule has 68 valence electrons. The molecule has 0 aromatic carbocycles. The fourth-order valence-electron chi connectivity index (χ4n) is 2.85. The highest BCUT2D eigenvalue weighted by Crippen LogP contribution is 2.52. The normalized spacial score (nSPS) is 46.4. The first-order valence-corrected chi connectivity index (χ1v) is 4.93. The lowest BCUT2D eigenvalue weighted by Gasteiger charge is -2.38. The molecule has 0 radical (unpaired) electrons. The summed E-state index contributed by atoms with van der Waals surface area (Å²) in [6.07, 6.45) is 4.70.